The Morgan fingerprint density at radius 3 is 2.35 bits per heavy atom. The Bertz CT molecular complexity index is 275. The Kier molecular flexibility index (Phi) is 3.92. The fraction of sp³-hybridized carbons (Fsp3) is 0.933. The highest BCUT2D eigenvalue weighted by molar-refractivity contribution is 5.84. The lowest BCUT2D eigenvalue weighted by molar-refractivity contribution is -0.127. The van der Waals surface area contributed by atoms with E-state index in [0.717, 1.165) is 19.3 Å². The zero-order valence-corrected chi connectivity index (χ0v) is 11.7. The van der Waals surface area contributed by atoms with Crippen molar-refractivity contribution in [2.24, 2.45) is 5.41 Å². The molecule has 98 valence electrons. The van der Waals surface area contributed by atoms with E-state index in [2.05, 4.69) is 25.8 Å². The first kappa shape index (κ1) is 13.1. The molecule has 0 amide bonds. The third kappa shape index (κ3) is 3.09. The fourth-order valence-electron chi connectivity index (χ4n) is 3.44. The molecular formula is C15H27NO. The van der Waals surface area contributed by atoms with Crippen LogP contribution in [-0.4, -0.2) is 29.8 Å². The second kappa shape index (κ2) is 5.09. The van der Waals surface area contributed by atoms with Crippen molar-refractivity contribution in [3.05, 3.63) is 0 Å². The number of likely N-dealkylation sites (N-methyl/N-ethyl adjacent to an activating group) is 1. The molecule has 0 N–H and O–H groups in total. The maximum absolute atomic E-state index is 12.0. The number of hydrogen-bond donors (Lipinski definition) is 0. The van der Waals surface area contributed by atoms with Crippen molar-refractivity contribution in [1.82, 2.24) is 4.90 Å². The zero-order valence-electron chi connectivity index (χ0n) is 11.7. The van der Waals surface area contributed by atoms with Gasteiger partial charge in [-0.2, -0.15) is 0 Å². The normalized spacial score (nSPS) is 30.8. The van der Waals surface area contributed by atoms with Gasteiger partial charge in [-0.3, -0.25) is 9.69 Å². The van der Waals surface area contributed by atoms with E-state index in [4.69, 9.17) is 0 Å². The zero-order chi connectivity index (χ0) is 12.5. The summed E-state index contributed by atoms with van der Waals surface area (Å²) in [6, 6.07) is 0.880. The van der Waals surface area contributed by atoms with Crippen molar-refractivity contribution in [2.45, 2.75) is 77.3 Å². The molecule has 0 heterocycles. The van der Waals surface area contributed by atoms with Gasteiger partial charge in [-0.25, -0.2) is 0 Å². The number of hydrogen-bond acceptors (Lipinski definition) is 2. The van der Waals surface area contributed by atoms with Crippen molar-refractivity contribution < 1.29 is 4.79 Å². The molecule has 2 heteroatoms. The van der Waals surface area contributed by atoms with Gasteiger partial charge in [-0.05, 0) is 51.0 Å². The Hall–Kier alpha value is -0.370. The summed E-state index contributed by atoms with van der Waals surface area (Å²) in [5.74, 6) is 0.489. The molecule has 0 saturated heterocycles. The minimum atomic E-state index is 0.231. The van der Waals surface area contributed by atoms with Gasteiger partial charge < -0.3 is 0 Å². The van der Waals surface area contributed by atoms with E-state index >= 15 is 0 Å². The molecular weight excluding hydrogens is 210 g/mol. The van der Waals surface area contributed by atoms with E-state index < -0.39 is 0 Å². The van der Waals surface area contributed by atoms with Crippen molar-refractivity contribution in [2.75, 3.05) is 7.05 Å². The SMILES string of the molecule is CN(C1CCC(C)(C)CC1)C1CCCCC1=O. The Balaban J connectivity index is 1.91. The molecule has 2 nitrogen and oxygen atoms in total. The van der Waals surface area contributed by atoms with Crippen LogP contribution in [0.25, 0.3) is 0 Å². The van der Waals surface area contributed by atoms with Gasteiger partial charge in [0.1, 0.15) is 5.78 Å². The maximum atomic E-state index is 12.0. The standard InChI is InChI=1S/C15H27NO/c1-15(2)10-8-12(9-11-15)16(3)13-6-4-5-7-14(13)17/h12-13H,4-11H2,1-3H3. The predicted octanol–water partition coefficient (Wildman–Crippen LogP) is 3.40. The molecule has 2 saturated carbocycles. The molecule has 2 aliphatic rings. The smallest absolute Gasteiger partial charge is 0.149 e. The van der Waals surface area contributed by atoms with Crippen LogP contribution in [0.5, 0.6) is 0 Å². The summed E-state index contributed by atoms with van der Waals surface area (Å²) in [5, 5.41) is 0. The van der Waals surface area contributed by atoms with E-state index in [9.17, 15) is 4.79 Å². The van der Waals surface area contributed by atoms with Crippen LogP contribution in [0.3, 0.4) is 0 Å². The first-order valence-electron chi connectivity index (χ1n) is 7.24. The largest absolute Gasteiger partial charge is 0.298 e. The summed E-state index contributed by atoms with van der Waals surface area (Å²) in [7, 11) is 2.18. The molecule has 0 radical (unpaired) electrons. The van der Waals surface area contributed by atoms with Gasteiger partial charge in [0.2, 0.25) is 0 Å². The number of rotatable bonds is 2. The van der Waals surface area contributed by atoms with Gasteiger partial charge in [-0.15, -0.1) is 0 Å². The molecule has 2 rings (SSSR count). The van der Waals surface area contributed by atoms with Crippen LogP contribution in [-0.2, 0) is 4.79 Å². The van der Waals surface area contributed by atoms with Gasteiger partial charge >= 0.3 is 0 Å². The van der Waals surface area contributed by atoms with Gasteiger partial charge in [0.25, 0.3) is 0 Å². The molecule has 0 aromatic rings. The summed E-state index contributed by atoms with van der Waals surface area (Å²) in [6.45, 7) is 4.74. The number of Topliss-reactive ketones (excluding diaryl/α,β-unsaturated/α-hetero) is 1. The lowest BCUT2D eigenvalue weighted by Gasteiger charge is -2.42. The van der Waals surface area contributed by atoms with Crippen molar-refractivity contribution in [3.8, 4) is 0 Å². The molecule has 0 aromatic heterocycles. The minimum Gasteiger partial charge on any atom is -0.298 e. The minimum absolute atomic E-state index is 0.231. The molecule has 2 aliphatic carbocycles. The maximum Gasteiger partial charge on any atom is 0.149 e. The Morgan fingerprint density at radius 2 is 1.76 bits per heavy atom. The second-order valence-corrected chi connectivity index (χ2v) is 6.79. The van der Waals surface area contributed by atoms with Crippen LogP contribution in [0.1, 0.15) is 65.2 Å². The van der Waals surface area contributed by atoms with E-state index in [0.29, 0.717) is 17.2 Å². The second-order valence-electron chi connectivity index (χ2n) is 6.79. The molecule has 0 aliphatic heterocycles. The molecule has 0 aromatic carbocycles. The summed E-state index contributed by atoms with van der Waals surface area (Å²) >= 11 is 0. The van der Waals surface area contributed by atoms with Crippen LogP contribution in [0.15, 0.2) is 0 Å². The predicted molar refractivity (Wildman–Crippen MR) is 71.1 cm³/mol. The highest BCUT2D eigenvalue weighted by Gasteiger charge is 2.34. The fourth-order valence-corrected chi connectivity index (χ4v) is 3.44. The van der Waals surface area contributed by atoms with E-state index in [1.54, 1.807) is 0 Å². The molecule has 2 fully saturated rings. The van der Waals surface area contributed by atoms with Crippen LogP contribution in [0, 0.1) is 5.41 Å². The molecule has 0 bridgehead atoms. The highest BCUT2D eigenvalue weighted by atomic mass is 16.1. The Labute approximate surface area is 106 Å². The molecule has 1 atom stereocenters. The summed E-state index contributed by atoms with van der Waals surface area (Å²) in [4.78, 5) is 14.4. The van der Waals surface area contributed by atoms with Gasteiger partial charge in [0.15, 0.2) is 0 Å². The van der Waals surface area contributed by atoms with Crippen molar-refractivity contribution in [1.29, 1.82) is 0 Å². The monoisotopic (exact) mass is 237 g/mol. The molecule has 1 unspecified atom stereocenters. The summed E-state index contributed by atoms with van der Waals surface area (Å²) in [6.07, 6.45) is 9.41. The quantitative estimate of drug-likeness (QED) is 0.733. The highest BCUT2D eigenvalue weighted by Crippen LogP contribution is 2.37. The van der Waals surface area contributed by atoms with Gasteiger partial charge in [0, 0.05) is 12.5 Å². The Morgan fingerprint density at radius 1 is 1.12 bits per heavy atom. The van der Waals surface area contributed by atoms with Gasteiger partial charge in [0.05, 0.1) is 6.04 Å². The number of carbonyl (C=O) groups is 1. The number of ketones is 1. The lowest BCUT2D eigenvalue weighted by atomic mass is 9.75. The lowest BCUT2D eigenvalue weighted by Crippen LogP contribution is -2.47. The van der Waals surface area contributed by atoms with Gasteiger partial charge in [-0.1, -0.05) is 20.3 Å². The van der Waals surface area contributed by atoms with Crippen molar-refractivity contribution in [3.63, 3.8) is 0 Å². The average molecular weight is 237 g/mol. The van der Waals surface area contributed by atoms with Crippen LogP contribution in [0.4, 0.5) is 0 Å². The third-order valence-electron chi connectivity index (χ3n) is 4.90. The topological polar surface area (TPSA) is 20.3 Å². The van der Waals surface area contributed by atoms with E-state index in [1.165, 1.54) is 32.1 Å². The number of nitrogens with zero attached hydrogens (tertiary/aromatic N) is 1. The van der Waals surface area contributed by atoms with Crippen LogP contribution >= 0.6 is 0 Å². The molecule has 0 spiro atoms. The van der Waals surface area contributed by atoms with E-state index in [1.807, 2.05) is 0 Å². The third-order valence-corrected chi connectivity index (χ3v) is 4.90. The van der Waals surface area contributed by atoms with Crippen molar-refractivity contribution >= 4 is 5.78 Å². The average Bonchev–Trinajstić information content (AvgIpc) is 2.29. The first-order valence-corrected chi connectivity index (χ1v) is 7.24. The molecule has 17 heavy (non-hydrogen) atoms. The van der Waals surface area contributed by atoms with Crippen LogP contribution < -0.4 is 0 Å². The summed E-state index contributed by atoms with van der Waals surface area (Å²) in [5.41, 5.74) is 0.522. The van der Waals surface area contributed by atoms with E-state index in [-0.39, 0.29) is 6.04 Å². The number of carbonyl (C=O) groups excluding carboxylic acids is 1. The summed E-state index contributed by atoms with van der Waals surface area (Å²) < 4.78 is 0. The van der Waals surface area contributed by atoms with Crippen LogP contribution in [0.2, 0.25) is 0 Å². The first-order chi connectivity index (χ1) is 7.99.